The van der Waals surface area contributed by atoms with E-state index >= 15 is 0 Å². The van der Waals surface area contributed by atoms with Crippen molar-refractivity contribution >= 4 is 21.8 Å². The van der Waals surface area contributed by atoms with Crippen molar-refractivity contribution < 1.29 is 8.42 Å². The van der Waals surface area contributed by atoms with Crippen molar-refractivity contribution in [3.05, 3.63) is 11.8 Å². The Morgan fingerprint density at radius 3 is 3.00 bits per heavy atom. The summed E-state index contributed by atoms with van der Waals surface area (Å²) in [5.41, 5.74) is 0.664. The van der Waals surface area contributed by atoms with Crippen molar-refractivity contribution in [2.24, 2.45) is 0 Å². The maximum atomic E-state index is 12.4. The van der Waals surface area contributed by atoms with E-state index in [4.69, 9.17) is 0 Å². The summed E-state index contributed by atoms with van der Waals surface area (Å²) in [6.45, 7) is 2.61. The standard InChI is InChI=1S/C12H22N4O2S2/c1-3-19-11-5-4-10(6-11)16-20(17,18)12-9(7-13-2)8-14-15-12/h8,10-11,13,16H,3-7H2,1-2H3,(H,14,15). The molecule has 0 aliphatic heterocycles. The molecule has 0 saturated heterocycles. The number of hydrogen-bond donors (Lipinski definition) is 3. The van der Waals surface area contributed by atoms with Crippen molar-refractivity contribution in [3.8, 4) is 0 Å². The fourth-order valence-corrected chi connectivity index (χ4v) is 5.12. The van der Waals surface area contributed by atoms with Gasteiger partial charge in [-0.2, -0.15) is 16.9 Å². The first-order valence-electron chi connectivity index (χ1n) is 6.87. The maximum absolute atomic E-state index is 12.4. The lowest BCUT2D eigenvalue weighted by Gasteiger charge is -2.13. The van der Waals surface area contributed by atoms with Crippen molar-refractivity contribution in [1.29, 1.82) is 0 Å². The number of thioether (sulfide) groups is 1. The lowest BCUT2D eigenvalue weighted by atomic mass is 10.3. The van der Waals surface area contributed by atoms with Crippen molar-refractivity contribution in [3.63, 3.8) is 0 Å². The third kappa shape index (κ3) is 3.75. The van der Waals surface area contributed by atoms with Crippen molar-refractivity contribution in [1.82, 2.24) is 20.2 Å². The minimum atomic E-state index is -3.51. The summed E-state index contributed by atoms with van der Waals surface area (Å²) in [6.07, 6.45) is 4.45. The second kappa shape index (κ2) is 6.93. The molecule has 1 aliphatic rings. The number of rotatable bonds is 7. The van der Waals surface area contributed by atoms with Crippen LogP contribution in [0.25, 0.3) is 0 Å². The van der Waals surface area contributed by atoms with Crippen LogP contribution in [0.5, 0.6) is 0 Å². The van der Waals surface area contributed by atoms with Gasteiger partial charge < -0.3 is 5.32 Å². The largest absolute Gasteiger partial charge is 0.316 e. The minimum Gasteiger partial charge on any atom is -0.316 e. The molecule has 3 N–H and O–H groups in total. The number of hydrogen-bond acceptors (Lipinski definition) is 5. The highest BCUT2D eigenvalue weighted by Gasteiger charge is 2.30. The molecule has 20 heavy (non-hydrogen) atoms. The van der Waals surface area contributed by atoms with Crippen molar-refractivity contribution in [2.45, 2.75) is 49.0 Å². The molecule has 1 fully saturated rings. The Balaban J connectivity index is 2.02. The predicted octanol–water partition coefficient (Wildman–Crippen LogP) is 1.08. The monoisotopic (exact) mass is 318 g/mol. The molecule has 0 aromatic carbocycles. The van der Waals surface area contributed by atoms with Crippen LogP contribution in [0.4, 0.5) is 0 Å². The van der Waals surface area contributed by atoms with E-state index in [1.807, 2.05) is 11.8 Å². The molecular formula is C12H22N4O2S2. The average Bonchev–Trinajstić information content (AvgIpc) is 3.00. The third-order valence-electron chi connectivity index (χ3n) is 3.42. The van der Waals surface area contributed by atoms with Gasteiger partial charge in [-0.1, -0.05) is 6.92 Å². The summed E-state index contributed by atoms with van der Waals surface area (Å²) >= 11 is 1.91. The van der Waals surface area contributed by atoms with E-state index < -0.39 is 10.0 Å². The second-order valence-corrected chi connectivity index (χ2v) is 8.19. The van der Waals surface area contributed by atoms with Crippen LogP contribution in [0.3, 0.4) is 0 Å². The SMILES string of the molecule is CCSC1CCC(NS(=O)(=O)c2[nH]ncc2CNC)C1. The molecule has 114 valence electrons. The Morgan fingerprint density at radius 1 is 1.50 bits per heavy atom. The molecule has 1 aliphatic carbocycles. The predicted molar refractivity (Wildman–Crippen MR) is 81.2 cm³/mol. The zero-order valence-corrected chi connectivity index (χ0v) is 13.5. The van der Waals surface area contributed by atoms with E-state index in [9.17, 15) is 8.42 Å². The fourth-order valence-electron chi connectivity index (χ4n) is 2.56. The summed E-state index contributed by atoms with van der Waals surface area (Å²) in [7, 11) is -1.73. The van der Waals surface area contributed by atoms with Gasteiger partial charge in [0.15, 0.2) is 5.03 Å². The Bertz CT molecular complexity index is 529. The summed E-state index contributed by atoms with van der Waals surface area (Å²) < 4.78 is 27.6. The number of H-pyrrole nitrogens is 1. The van der Waals surface area contributed by atoms with E-state index in [2.05, 4.69) is 27.2 Å². The third-order valence-corrected chi connectivity index (χ3v) is 6.19. The van der Waals surface area contributed by atoms with Gasteiger partial charge in [0.2, 0.25) is 0 Å². The quantitative estimate of drug-likeness (QED) is 0.700. The number of aromatic nitrogens is 2. The van der Waals surface area contributed by atoms with Crippen LogP contribution >= 0.6 is 11.8 Å². The zero-order valence-electron chi connectivity index (χ0n) is 11.8. The Hall–Kier alpha value is -0.570. The first-order valence-corrected chi connectivity index (χ1v) is 9.40. The van der Waals surface area contributed by atoms with Crippen LogP contribution in [-0.2, 0) is 16.6 Å². The molecule has 6 nitrogen and oxygen atoms in total. The Labute approximate surface area is 124 Å². The van der Waals surface area contributed by atoms with Crippen LogP contribution < -0.4 is 10.0 Å². The normalized spacial score (nSPS) is 23.3. The van der Waals surface area contributed by atoms with Gasteiger partial charge in [-0.25, -0.2) is 13.1 Å². The molecule has 1 heterocycles. The first-order chi connectivity index (χ1) is 9.56. The van der Waals surface area contributed by atoms with Crippen LogP contribution in [0, 0.1) is 0 Å². The molecule has 0 amide bonds. The Morgan fingerprint density at radius 2 is 2.30 bits per heavy atom. The van der Waals surface area contributed by atoms with E-state index in [1.165, 1.54) is 0 Å². The van der Waals surface area contributed by atoms with Crippen LogP contribution in [0.1, 0.15) is 31.7 Å². The van der Waals surface area contributed by atoms with Gasteiger partial charge in [0.05, 0.1) is 6.20 Å². The van der Waals surface area contributed by atoms with E-state index in [0.29, 0.717) is 17.4 Å². The van der Waals surface area contributed by atoms with Crippen LogP contribution in [0.2, 0.25) is 0 Å². The van der Waals surface area contributed by atoms with E-state index in [-0.39, 0.29) is 11.1 Å². The molecule has 0 radical (unpaired) electrons. The van der Waals surface area contributed by atoms with Gasteiger partial charge in [0.25, 0.3) is 10.0 Å². The molecule has 2 rings (SSSR count). The highest BCUT2D eigenvalue weighted by atomic mass is 32.2. The average molecular weight is 318 g/mol. The molecule has 0 spiro atoms. The highest BCUT2D eigenvalue weighted by molar-refractivity contribution is 7.99. The maximum Gasteiger partial charge on any atom is 0.258 e. The van der Waals surface area contributed by atoms with E-state index in [1.54, 1.807) is 13.2 Å². The topological polar surface area (TPSA) is 86.9 Å². The summed E-state index contributed by atoms with van der Waals surface area (Å²) in [6, 6.07) is 0.0368. The number of nitrogens with one attached hydrogen (secondary N) is 3. The minimum absolute atomic E-state index is 0.0368. The number of sulfonamides is 1. The van der Waals surface area contributed by atoms with Gasteiger partial charge in [-0.05, 0) is 32.1 Å². The highest BCUT2D eigenvalue weighted by Crippen LogP contribution is 2.30. The number of aromatic amines is 1. The summed E-state index contributed by atoms with van der Waals surface area (Å²) in [5.74, 6) is 1.08. The fraction of sp³-hybridized carbons (Fsp3) is 0.750. The molecule has 2 unspecified atom stereocenters. The molecule has 2 atom stereocenters. The number of nitrogens with zero attached hydrogens (tertiary/aromatic N) is 1. The van der Waals surface area contributed by atoms with Gasteiger partial charge in [-0.3, -0.25) is 5.10 Å². The summed E-state index contributed by atoms with van der Waals surface area (Å²) in [5, 5.41) is 10.1. The zero-order chi connectivity index (χ0) is 14.6. The second-order valence-electron chi connectivity index (χ2n) is 4.96. The molecule has 0 bridgehead atoms. The van der Waals surface area contributed by atoms with Gasteiger partial charge in [0, 0.05) is 23.4 Å². The van der Waals surface area contributed by atoms with Crippen LogP contribution in [-0.4, -0.2) is 42.7 Å². The lowest BCUT2D eigenvalue weighted by molar-refractivity contribution is 0.547. The van der Waals surface area contributed by atoms with Crippen LogP contribution in [0.15, 0.2) is 11.2 Å². The first kappa shape index (κ1) is 15.8. The molecule has 8 heteroatoms. The molecular weight excluding hydrogens is 296 g/mol. The Kier molecular flexibility index (Phi) is 5.48. The van der Waals surface area contributed by atoms with Gasteiger partial charge >= 0.3 is 0 Å². The van der Waals surface area contributed by atoms with Gasteiger partial charge in [-0.15, -0.1) is 0 Å². The lowest BCUT2D eigenvalue weighted by Crippen LogP contribution is -2.34. The van der Waals surface area contributed by atoms with Gasteiger partial charge in [0.1, 0.15) is 0 Å². The van der Waals surface area contributed by atoms with E-state index in [0.717, 1.165) is 25.0 Å². The smallest absolute Gasteiger partial charge is 0.258 e. The molecule has 1 aromatic heterocycles. The van der Waals surface area contributed by atoms with Crippen molar-refractivity contribution in [2.75, 3.05) is 12.8 Å². The molecule has 1 aromatic rings. The summed E-state index contributed by atoms with van der Waals surface area (Å²) in [4.78, 5) is 0. The molecule has 1 saturated carbocycles.